The largest absolute Gasteiger partial charge is 0.397 e. The van der Waals surface area contributed by atoms with Crippen LogP contribution in [0.4, 0.5) is 27.1 Å². The summed E-state index contributed by atoms with van der Waals surface area (Å²) in [6.07, 6.45) is 0. The Kier molecular flexibility index (Phi) is 3.53. The second kappa shape index (κ2) is 4.97. The molecule has 5 heteroatoms. The number of hydrogen-bond acceptors (Lipinski definition) is 3. The van der Waals surface area contributed by atoms with Crippen molar-refractivity contribution in [3.63, 3.8) is 0 Å². The molecule has 0 aromatic heterocycles. The molecule has 3 nitrogen and oxygen atoms in total. The first-order chi connectivity index (χ1) is 8.90. The molecule has 2 rings (SSSR count). The molecule has 2 aromatic rings. The molecule has 0 atom stereocenters. The third kappa shape index (κ3) is 2.58. The average Bonchev–Trinajstić information content (AvgIpc) is 2.36. The van der Waals surface area contributed by atoms with Crippen LogP contribution in [0.1, 0.15) is 11.1 Å². The van der Waals surface area contributed by atoms with Crippen molar-refractivity contribution in [1.29, 1.82) is 0 Å². The van der Waals surface area contributed by atoms with E-state index in [1.807, 2.05) is 32.0 Å². The van der Waals surface area contributed by atoms with Crippen molar-refractivity contribution < 1.29 is 4.39 Å². The van der Waals surface area contributed by atoms with Gasteiger partial charge in [-0.15, -0.1) is 0 Å². The summed E-state index contributed by atoms with van der Waals surface area (Å²) in [6.45, 7) is 3.99. The number of halogens is 2. The molecule has 0 heterocycles. The first kappa shape index (κ1) is 13.5. The standard InChI is InChI=1S/C14H15ClFN3/c1-7-3-4-9(5-8(7)2)19-14-11(18)6-10(17)12(15)13(14)16/h3-6,19H,17-18H2,1-2H3. The molecule has 0 amide bonds. The average molecular weight is 280 g/mol. The molecular formula is C14H15ClFN3. The number of nitrogens with one attached hydrogen (secondary N) is 1. The molecule has 0 saturated carbocycles. The van der Waals surface area contributed by atoms with E-state index in [1.165, 1.54) is 6.07 Å². The van der Waals surface area contributed by atoms with Gasteiger partial charge < -0.3 is 16.8 Å². The van der Waals surface area contributed by atoms with Crippen LogP contribution in [0.15, 0.2) is 24.3 Å². The minimum Gasteiger partial charge on any atom is -0.397 e. The number of nitrogens with two attached hydrogens (primary N) is 2. The van der Waals surface area contributed by atoms with Gasteiger partial charge in [-0.05, 0) is 43.2 Å². The Bertz CT molecular complexity index is 641. The van der Waals surface area contributed by atoms with Gasteiger partial charge in [0, 0.05) is 5.69 Å². The van der Waals surface area contributed by atoms with Gasteiger partial charge in [0.2, 0.25) is 0 Å². The highest BCUT2D eigenvalue weighted by Crippen LogP contribution is 2.35. The third-order valence-corrected chi connectivity index (χ3v) is 3.43. The van der Waals surface area contributed by atoms with E-state index in [0.717, 1.165) is 16.8 Å². The highest BCUT2D eigenvalue weighted by atomic mass is 35.5. The summed E-state index contributed by atoms with van der Waals surface area (Å²) in [7, 11) is 0. The second-order valence-electron chi connectivity index (χ2n) is 4.48. The normalized spacial score (nSPS) is 10.5. The van der Waals surface area contributed by atoms with Gasteiger partial charge in [0.05, 0.1) is 17.1 Å². The lowest BCUT2D eigenvalue weighted by Gasteiger charge is -2.14. The lowest BCUT2D eigenvalue weighted by molar-refractivity contribution is 0.633. The van der Waals surface area contributed by atoms with Crippen molar-refractivity contribution in [3.8, 4) is 0 Å². The molecular weight excluding hydrogens is 265 g/mol. The molecule has 0 aliphatic carbocycles. The second-order valence-corrected chi connectivity index (χ2v) is 4.86. The number of hydrogen-bond donors (Lipinski definition) is 3. The molecule has 0 aliphatic rings. The van der Waals surface area contributed by atoms with Crippen LogP contribution in [0, 0.1) is 19.7 Å². The van der Waals surface area contributed by atoms with Crippen molar-refractivity contribution in [3.05, 3.63) is 46.2 Å². The van der Waals surface area contributed by atoms with Gasteiger partial charge >= 0.3 is 0 Å². The lowest BCUT2D eigenvalue weighted by Crippen LogP contribution is -2.03. The van der Waals surface area contributed by atoms with Crippen molar-refractivity contribution in [2.24, 2.45) is 0 Å². The van der Waals surface area contributed by atoms with E-state index in [0.29, 0.717) is 0 Å². The predicted molar refractivity (Wildman–Crippen MR) is 79.4 cm³/mol. The van der Waals surface area contributed by atoms with Gasteiger partial charge in [0.25, 0.3) is 0 Å². The Hall–Kier alpha value is -1.94. The molecule has 0 radical (unpaired) electrons. The van der Waals surface area contributed by atoms with Gasteiger partial charge in [-0.3, -0.25) is 0 Å². The maximum absolute atomic E-state index is 14.0. The smallest absolute Gasteiger partial charge is 0.169 e. The summed E-state index contributed by atoms with van der Waals surface area (Å²) in [5.41, 5.74) is 14.8. The first-order valence-electron chi connectivity index (χ1n) is 5.77. The van der Waals surface area contributed by atoms with E-state index < -0.39 is 5.82 Å². The summed E-state index contributed by atoms with van der Waals surface area (Å²) in [6, 6.07) is 7.16. The molecule has 19 heavy (non-hydrogen) atoms. The molecule has 0 spiro atoms. The van der Waals surface area contributed by atoms with Crippen molar-refractivity contribution in [2.45, 2.75) is 13.8 Å². The van der Waals surface area contributed by atoms with E-state index in [2.05, 4.69) is 5.32 Å². The maximum atomic E-state index is 14.0. The summed E-state index contributed by atoms with van der Waals surface area (Å²) in [5, 5.41) is 2.81. The van der Waals surface area contributed by atoms with E-state index in [1.54, 1.807) is 0 Å². The molecule has 0 bridgehead atoms. The number of anilines is 4. The molecule has 0 aliphatic heterocycles. The van der Waals surface area contributed by atoms with Crippen LogP contribution in [0.3, 0.4) is 0 Å². The molecule has 0 unspecified atom stereocenters. The van der Waals surface area contributed by atoms with Gasteiger partial charge in [-0.25, -0.2) is 4.39 Å². The molecule has 2 aromatic carbocycles. The van der Waals surface area contributed by atoms with Crippen LogP contribution in [-0.4, -0.2) is 0 Å². The van der Waals surface area contributed by atoms with Crippen LogP contribution >= 0.6 is 11.6 Å². The Labute approximate surface area is 116 Å². The summed E-state index contributed by atoms with van der Waals surface area (Å²) >= 11 is 5.78. The summed E-state index contributed by atoms with van der Waals surface area (Å²) in [5.74, 6) is -0.641. The summed E-state index contributed by atoms with van der Waals surface area (Å²) in [4.78, 5) is 0. The molecule has 0 fully saturated rings. The third-order valence-electron chi connectivity index (χ3n) is 3.04. The van der Waals surface area contributed by atoms with Crippen LogP contribution in [0.2, 0.25) is 5.02 Å². The fourth-order valence-corrected chi connectivity index (χ4v) is 1.91. The zero-order valence-electron chi connectivity index (χ0n) is 10.7. The highest BCUT2D eigenvalue weighted by Gasteiger charge is 2.14. The topological polar surface area (TPSA) is 64.1 Å². The fourth-order valence-electron chi connectivity index (χ4n) is 1.76. The quantitative estimate of drug-likeness (QED) is 0.728. The monoisotopic (exact) mass is 279 g/mol. The van der Waals surface area contributed by atoms with E-state index in [9.17, 15) is 4.39 Å². The van der Waals surface area contributed by atoms with E-state index in [4.69, 9.17) is 23.1 Å². The molecule has 0 saturated heterocycles. The fraction of sp³-hybridized carbons (Fsp3) is 0.143. The number of benzene rings is 2. The Morgan fingerprint density at radius 3 is 2.37 bits per heavy atom. The zero-order valence-corrected chi connectivity index (χ0v) is 11.5. The molecule has 100 valence electrons. The molecule has 5 N–H and O–H groups in total. The van der Waals surface area contributed by atoms with Crippen LogP contribution in [0.25, 0.3) is 0 Å². The number of rotatable bonds is 2. The van der Waals surface area contributed by atoms with Gasteiger partial charge in [0.1, 0.15) is 5.02 Å². The van der Waals surface area contributed by atoms with Crippen LogP contribution < -0.4 is 16.8 Å². The minimum absolute atomic E-state index is 0.125. The first-order valence-corrected chi connectivity index (χ1v) is 6.15. The van der Waals surface area contributed by atoms with Crippen molar-refractivity contribution >= 4 is 34.4 Å². The zero-order chi connectivity index (χ0) is 14.2. The Balaban J connectivity index is 2.43. The predicted octanol–water partition coefficient (Wildman–Crippen LogP) is 4.00. The Morgan fingerprint density at radius 1 is 1.05 bits per heavy atom. The van der Waals surface area contributed by atoms with E-state index in [-0.39, 0.29) is 22.1 Å². The Morgan fingerprint density at radius 2 is 1.74 bits per heavy atom. The maximum Gasteiger partial charge on any atom is 0.169 e. The van der Waals surface area contributed by atoms with Crippen LogP contribution in [0.5, 0.6) is 0 Å². The van der Waals surface area contributed by atoms with Gasteiger partial charge in [-0.2, -0.15) is 0 Å². The number of nitrogen functional groups attached to an aromatic ring is 2. The lowest BCUT2D eigenvalue weighted by atomic mass is 10.1. The van der Waals surface area contributed by atoms with E-state index >= 15 is 0 Å². The van der Waals surface area contributed by atoms with Gasteiger partial charge in [0.15, 0.2) is 5.82 Å². The van der Waals surface area contributed by atoms with Crippen molar-refractivity contribution in [2.75, 3.05) is 16.8 Å². The van der Waals surface area contributed by atoms with Crippen molar-refractivity contribution in [1.82, 2.24) is 0 Å². The summed E-state index contributed by atoms with van der Waals surface area (Å²) < 4.78 is 14.0. The highest BCUT2D eigenvalue weighted by molar-refractivity contribution is 6.33. The number of aryl methyl sites for hydroxylation is 2. The van der Waals surface area contributed by atoms with Crippen LogP contribution in [-0.2, 0) is 0 Å². The minimum atomic E-state index is -0.641. The van der Waals surface area contributed by atoms with Gasteiger partial charge in [-0.1, -0.05) is 17.7 Å². The SMILES string of the molecule is Cc1ccc(Nc2c(N)cc(N)c(Cl)c2F)cc1C.